The van der Waals surface area contributed by atoms with Crippen LogP contribution in [-0.4, -0.2) is 16.9 Å². The number of ketones is 1. The van der Waals surface area contributed by atoms with Crippen molar-refractivity contribution in [3.8, 4) is 0 Å². The molecule has 0 fully saturated rings. The second-order valence-electron chi connectivity index (χ2n) is 3.55. The van der Waals surface area contributed by atoms with Gasteiger partial charge in [-0.15, -0.1) is 11.6 Å². The maximum absolute atomic E-state index is 11.2. The lowest BCUT2D eigenvalue weighted by molar-refractivity contribution is -0.116. The molecule has 1 N–H and O–H groups in total. The Bertz CT molecular complexity index is 426. The molecule has 1 unspecified atom stereocenters. The summed E-state index contributed by atoms with van der Waals surface area (Å²) >= 11 is 5.91. The first-order chi connectivity index (χ1) is 7.47. The monoisotopic (exact) mass is 240 g/mol. The highest BCUT2D eigenvalue weighted by molar-refractivity contribution is 6.31. The fourth-order valence-corrected chi connectivity index (χ4v) is 1.64. The average molecular weight is 241 g/mol. The molecule has 0 aliphatic heterocycles. The molecule has 4 heteroatoms. The summed E-state index contributed by atoms with van der Waals surface area (Å²) in [6, 6.07) is 4.91. The number of halogens is 1. The van der Waals surface area contributed by atoms with Gasteiger partial charge in [-0.05, 0) is 30.5 Å². The minimum Gasteiger partial charge on any atom is -0.478 e. The predicted octanol–water partition coefficient (Wildman–Crippen LogP) is 2.82. The van der Waals surface area contributed by atoms with E-state index in [4.69, 9.17) is 16.7 Å². The van der Waals surface area contributed by atoms with E-state index in [0.717, 1.165) is 12.0 Å². The minimum atomic E-state index is -1.07. The van der Waals surface area contributed by atoms with E-state index in [1.807, 2.05) is 6.92 Å². The van der Waals surface area contributed by atoms with Crippen LogP contribution in [0, 0.1) is 0 Å². The van der Waals surface area contributed by atoms with Crippen LogP contribution in [-0.2, 0) is 11.2 Å². The highest BCUT2D eigenvalue weighted by Gasteiger charge is 2.20. The summed E-state index contributed by atoms with van der Waals surface area (Å²) < 4.78 is 0. The maximum Gasteiger partial charge on any atom is 0.336 e. The van der Waals surface area contributed by atoms with Crippen LogP contribution in [0.1, 0.15) is 40.7 Å². The van der Waals surface area contributed by atoms with E-state index in [0.29, 0.717) is 5.56 Å². The topological polar surface area (TPSA) is 54.4 Å². The SMILES string of the molecule is CCc1ccc(C(=O)O)c(C(Cl)C(C)=O)c1. The lowest BCUT2D eigenvalue weighted by atomic mass is 9.98. The molecule has 1 aromatic carbocycles. The first-order valence-electron chi connectivity index (χ1n) is 4.98. The van der Waals surface area contributed by atoms with Gasteiger partial charge < -0.3 is 5.11 Å². The standard InChI is InChI=1S/C12H13ClO3/c1-3-8-4-5-9(12(15)16)10(6-8)11(13)7(2)14/h4-6,11H,3H2,1-2H3,(H,15,16). The highest BCUT2D eigenvalue weighted by Crippen LogP contribution is 2.26. The van der Waals surface area contributed by atoms with Crippen LogP contribution >= 0.6 is 11.6 Å². The zero-order valence-electron chi connectivity index (χ0n) is 9.16. The van der Waals surface area contributed by atoms with Gasteiger partial charge in [0.25, 0.3) is 0 Å². The Balaban J connectivity index is 3.30. The molecule has 0 aliphatic rings. The zero-order chi connectivity index (χ0) is 12.3. The normalized spacial score (nSPS) is 12.2. The number of rotatable bonds is 4. The molecule has 0 bridgehead atoms. The smallest absolute Gasteiger partial charge is 0.336 e. The lowest BCUT2D eigenvalue weighted by Gasteiger charge is -2.11. The van der Waals surface area contributed by atoms with Crippen molar-refractivity contribution in [3.05, 3.63) is 34.9 Å². The van der Waals surface area contributed by atoms with Gasteiger partial charge in [0.05, 0.1) is 5.56 Å². The lowest BCUT2D eigenvalue weighted by Crippen LogP contribution is -2.09. The van der Waals surface area contributed by atoms with Crippen LogP contribution in [0.15, 0.2) is 18.2 Å². The molecule has 86 valence electrons. The molecule has 0 saturated heterocycles. The molecule has 0 radical (unpaired) electrons. The fraction of sp³-hybridized carbons (Fsp3) is 0.333. The molecule has 1 rings (SSSR count). The minimum absolute atomic E-state index is 0.0902. The molecule has 16 heavy (non-hydrogen) atoms. The van der Waals surface area contributed by atoms with Crippen LogP contribution in [0.5, 0.6) is 0 Å². The molecule has 1 aromatic rings. The van der Waals surface area contributed by atoms with Crippen LogP contribution < -0.4 is 0 Å². The number of benzene rings is 1. The molecule has 0 aromatic heterocycles. The van der Waals surface area contributed by atoms with E-state index in [-0.39, 0.29) is 11.3 Å². The largest absolute Gasteiger partial charge is 0.478 e. The van der Waals surface area contributed by atoms with Crippen molar-refractivity contribution in [2.75, 3.05) is 0 Å². The Hall–Kier alpha value is -1.35. The number of carboxylic acid groups (broad SMARTS) is 1. The number of carboxylic acids is 1. The number of carbonyl (C=O) groups excluding carboxylic acids is 1. The Morgan fingerprint density at radius 3 is 2.50 bits per heavy atom. The van der Waals surface area contributed by atoms with Crippen LogP contribution in [0.3, 0.4) is 0 Å². The van der Waals surface area contributed by atoms with E-state index in [2.05, 4.69) is 0 Å². The van der Waals surface area contributed by atoms with Gasteiger partial charge in [0.1, 0.15) is 5.38 Å². The van der Waals surface area contributed by atoms with Gasteiger partial charge in [-0.25, -0.2) is 4.79 Å². The number of alkyl halides is 1. The third-order valence-corrected chi connectivity index (χ3v) is 2.93. The first kappa shape index (κ1) is 12.7. The summed E-state index contributed by atoms with van der Waals surface area (Å²) in [4.78, 5) is 22.2. The molecule has 0 aliphatic carbocycles. The van der Waals surface area contributed by atoms with Crippen molar-refractivity contribution in [1.29, 1.82) is 0 Å². The Kier molecular flexibility index (Phi) is 4.07. The number of hydrogen-bond donors (Lipinski definition) is 1. The summed E-state index contributed by atoms with van der Waals surface area (Å²) in [5.41, 5.74) is 1.43. The number of carbonyl (C=O) groups is 2. The van der Waals surface area contributed by atoms with Gasteiger partial charge in [0.15, 0.2) is 5.78 Å². The van der Waals surface area contributed by atoms with Crippen molar-refractivity contribution in [3.63, 3.8) is 0 Å². The third-order valence-electron chi connectivity index (χ3n) is 2.38. The van der Waals surface area contributed by atoms with Crippen molar-refractivity contribution in [2.45, 2.75) is 25.6 Å². The second-order valence-corrected chi connectivity index (χ2v) is 3.99. The summed E-state index contributed by atoms with van der Waals surface area (Å²) in [6.45, 7) is 3.30. The second kappa shape index (κ2) is 5.12. The predicted molar refractivity (Wildman–Crippen MR) is 62.1 cm³/mol. The Morgan fingerprint density at radius 2 is 2.06 bits per heavy atom. The van der Waals surface area contributed by atoms with E-state index in [9.17, 15) is 9.59 Å². The molecular formula is C12H13ClO3. The Labute approximate surface area is 99.0 Å². The van der Waals surface area contributed by atoms with Gasteiger partial charge >= 0.3 is 5.97 Å². The van der Waals surface area contributed by atoms with E-state index >= 15 is 0 Å². The van der Waals surface area contributed by atoms with E-state index < -0.39 is 11.3 Å². The summed E-state index contributed by atoms with van der Waals surface area (Å²) in [5.74, 6) is -1.32. The van der Waals surface area contributed by atoms with Crippen LogP contribution in [0.2, 0.25) is 0 Å². The van der Waals surface area contributed by atoms with Gasteiger partial charge in [0.2, 0.25) is 0 Å². The Morgan fingerprint density at radius 1 is 1.44 bits per heavy atom. The van der Waals surface area contributed by atoms with Gasteiger partial charge in [-0.3, -0.25) is 4.79 Å². The maximum atomic E-state index is 11.2. The molecule has 3 nitrogen and oxygen atoms in total. The van der Waals surface area contributed by atoms with Gasteiger partial charge in [0, 0.05) is 0 Å². The fourth-order valence-electron chi connectivity index (χ4n) is 1.46. The molecule has 0 saturated carbocycles. The van der Waals surface area contributed by atoms with Crippen molar-refractivity contribution >= 4 is 23.4 Å². The van der Waals surface area contributed by atoms with Crippen molar-refractivity contribution in [1.82, 2.24) is 0 Å². The molecular weight excluding hydrogens is 228 g/mol. The molecule has 1 atom stereocenters. The van der Waals surface area contributed by atoms with E-state index in [1.165, 1.54) is 13.0 Å². The van der Waals surface area contributed by atoms with Crippen molar-refractivity contribution in [2.24, 2.45) is 0 Å². The average Bonchev–Trinajstić information content (AvgIpc) is 2.26. The summed E-state index contributed by atoms with van der Waals surface area (Å²) in [6.07, 6.45) is 0.772. The zero-order valence-corrected chi connectivity index (χ0v) is 9.91. The summed E-state index contributed by atoms with van der Waals surface area (Å²) in [5, 5.41) is 8.10. The van der Waals surface area contributed by atoms with Crippen LogP contribution in [0.4, 0.5) is 0 Å². The third kappa shape index (κ3) is 2.61. The van der Waals surface area contributed by atoms with Gasteiger partial charge in [-0.2, -0.15) is 0 Å². The quantitative estimate of drug-likeness (QED) is 0.824. The van der Waals surface area contributed by atoms with Crippen molar-refractivity contribution < 1.29 is 14.7 Å². The van der Waals surface area contributed by atoms with Gasteiger partial charge in [-0.1, -0.05) is 19.1 Å². The van der Waals surface area contributed by atoms with E-state index in [1.54, 1.807) is 12.1 Å². The number of aromatic carboxylic acids is 1. The number of hydrogen-bond acceptors (Lipinski definition) is 2. The highest BCUT2D eigenvalue weighted by atomic mass is 35.5. The number of aryl methyl sites for hydroxylation is 1. The molecule has 0 heterocycles. The number of Topliss-reactive ketones (excluding diaryl/α,β-unsaturated/α-hetero) is 1. The molecule has 0 spiro atoms. The first-order valence-corrected chi connectivity index (χ1v) is 5.41. The summed E-state index contributed by atoms with van der Waals surface area (Å²) in [7, 11) is 0. The van der Waals surface area contributed by atoms with Crippen LogP contribution in [0.25, 0.3) is 0 Å². The molecule has 0 amide bonds.